The molecular weight excluding hydrogens is 188 g/mol. The first-order valence-corrected chi connectivity index (χ1v) is 4.73. The normalized spacial score (nSPS) is 13.1. The molecule has 0 rings (SSSR count). The molecule has 0 fully saturated rings. The van der Waals surface area contributed by atoms with Crippen molar-refractivity contribution in [2.24, 2.45) is 0 Å². The van der Waals surface area contributed by atoms with Gasteiger partial charge in [-0.3, -0.25) is 0 Å². The Kier molecular flexibility index (Phi) is 10.7. The molecule has 1 unspecified atom stereocenters. The van der Waals surface area contributed by atoms with Crippen molar-refractivity contribution in [3.63, 3.8) is 0 Å². The second-order valence-corrected chi connectivity index (χ2v) is 2.56. The number of ether oxygens (including phenoxy) is 4. The Hall–Kier alpha value is -0.200. The molecule has 0 aliphatic heterocycles. The first-order chi connectivity index (χ1) is 6.81. The van der Waals surface area contributed by atoms with Gasteiger partial charge in [0.05, 0.1) is 26.4 Å². The quantitative estimate of drug-likeness (QED) is 0.386. The van der Waals surface area contributed by atoms with Gasteiger partial charge >= 0.3 is 0 Å². The lowest BCUT2D eigenvalue weighted by atomic mass is 10.6. The van der Waals surface area contributed by atoms with Crippen LogP contribution in [-0.2, 0) is 24.1 Å². The highest BCUT2D eigenvalue weighted by Gasteiger charge is 2.03. The zero-order valence-electron chi connectivity index (χ0n) is 8.86. The molecule has 14 heavy (non-hydrogen) atoms. The van der Waals surface area contributed by atoms with Crippen LogP contribution >= 0.6 is 0 Å². The van der Waals surface area contributed by atoms with E-state index in [9.17, 15) is 5.11 Å². The van der Waals surface area contributed by atoms with E-state index in [0.717, 1.165) is 0 Å². The first kappa shape index (κ1) is 13.8. The Morgan fingerprint density at radius 1 is 1.07 bits per heavy atom. The van der Waals surface area contributed by atoms with Crippen molar-refractivity contribution in [3.05, 3.63) is 0 Å². The van der Waals surface area contributed by atoms with Crippen LogP contribution in [0.3, 0.4) is 0 Å². The lowest BCUT2D eigenvalue weighted by Crippen LogP contribution is -2.19. The Balaban J connectivity index is 2.98. The van der Waals surface area contributed by atoms with Gasteiger partial charge in [0.2, 0.25) is 6.29 Å². The minimum absolute atomic E-state index is 0.0709. The summed E-state index contributed by atoms with van der Waals surface area (Å²) in [6.07, 6.45) is -1.08. The van der Waals surface area contributed by atoms with Gasteiger partial charge in [-0.1, -0.05) is 0 Å². The van der Waals surface area contributed by atoms with Gasteiger partial charge in [0.25, 0.3) is 0 Å². The van der Waals surface area contributed by atoms with E-state index < -0.39 is 6.29 Å². The van der Waals surface area contributed by atoms with Crippen LogP contribution in [-0.4, -0.2) is 53.0 Å². The highest BCUT2D eigenvalue weighted by molar-refractivity contribution is 4.37. The number of methoxy groups -OCH3 is 1. The zero-order valence-corrected chi connectivity index (χ0v) is 8.86. The molecule has 85 valence electrons. The summed E-state index contributed by atoms with van der Waals surface area (Å²) >= 11 is 0. The number of hydrogen-bond donors (Lipinski definition) is 0. The molecule has 0 heterocycles. The Morgan fingerprint density at radius 3 is 2.36 bits per heavy atom. The lowest BCUT2D eigenvalue weighted by Gasteiger charge is -2.09. The van der Waals surface area contributed by atoms with Crippen LogP contribution in [0, 0.1) is 0 Å². The van der Waals surface area contributed by atoms with E-state index in [1.54, 1.807) is 14.0 Å². The van der Waals surface area contributed by atoms with Crippen LogP contribution in [0.2, 0.25) is 0 Å². The van der Waals surface area contributed by atoms with Crippen molar-refractivity contribution in [2.75, 3.05) is 46.8 Å². The van der Waals surface area contributed by atoms with E-state index in [2.05, 4.69) is 0 Å². The fourth-order valence-electron chi connectivity index (χ4n) is 0.776. The summed E-state index contributed by atoms with van der Waals surface area (Å²) in [5.41, 5.74) is 0. The zero-order chi connectivity index (χ0) is 10.6. The monoisotopic (exact) mass is 207 g/mol. The second kappa shape index (κ2) is 10.9. The molecule has 1 radical (unpaired) electrons. The summed E-state index contributed by atoms with van der Waals surface area (Å²) in [5, 5.41) is 10.9. The maximum atomic E-state index is 10.9. The molecule has 0 aliphatic carbocycles. The van der Waals surface area contributed by atoms with Crippen molar-refractivity contribution in [1.29, 1.82) is 0 Å². The van der Waals surface area contributed by atoms with Gasteiger partial charge in [-0.25, -0.2) is 0 Å². The molecule has 5 heteroatoms. The van der Waals surface area contributed by atoms with Crippen molar-refractivity contribution in [1.82, 2.24) is 0 Å². The highest BCUT2D eigenvalue weighted by atomic mass is 16.6. The van der Waals surface area contributed by atoms with Crippen molar-refractivity contribution < 1.29 is 24.1 Å². The predicted octanol–water partition coefficient (Wildman–Crippen LogP) is 0.459. The standard InChI is InChI=1S/C9H19O5/c1-3-14-9(10)8-13-7-6-12-5-4-11-2/h9H,3-8H2,1-2H3. The molecular formula is C9H19O5. The van der Waals surface area contributed by atoms with Crippen molar-refractivity contribution >= 4 is 0 Å². The first-order valence-electron chi connectivity index (χ1n) is 4.73. The minimum atomic E-state index is -1.08. The summed E-state index contributed by atoms with van der Waals surface area (Å²) in [7, 11) is 1.62. The molecule has 1 atom stereocenters. The third kappa shape index (κ3) is 9.88. The molecule has 0 aromatic heterocycles. The summed E-state index contributed by atoms with van der Waals surface area (Å²) in [6.45, 7) is 4.27. The van der Waals surface area contributed by atoms with Crippen LogP contribution in [0.5, 0.6) is 0 Å². The topological polar surface area (TPSA) is 56.8 Å². The Labute approximate surface area is 84.9 Å². The smallest absolute Gasteiger partial charge is 0.214 e. The third-order valence-electron chi connectivity index (χ3n) is 1.41. The molecule has 0 aliphatic rings. The SMILES string of the molecule is CCOC([O])COCCOCCOC. The Bertz CT molecular complexity index is 109. The second-order valence-electron chi connectivity index (χ2n) is 2.56. The number of rotatable bonds is 10. The molecule has 0 spiro atoms. The maximum absolute atomic E-state index is 10.9. The average molecular weight is 207 g/mol. The van der Waals surface area contributed by atoms with E-state index in [1.807, 2.05) is 0 Å². The van der Waals surface area contributed by atoms with E-state index in [-0.39, 0.29) is 6.61 Å². The van der Waals surface area contributed by atoms with Crippen LogP contribution in [0.25, 0.3) is 0 Å². The molecule has 0 saturated heterocycles. The Morgan fingerprint density at radius 2 is 1.71 bits per heavy atom. The molecule has 0 aromatic rings. The van der Waals surface area contributed by atoms with Gasteiger partial charge in [-0.15, -0.1) is 0 Å². The molecule has 5 nitrogen and oxygen atoms in total. The van der Waals surface area contributed by atoms with E-state index in [0.29, 0.717) is 33.0 Å². The fraction of sp³-hybridized carbons (Fsp3) is 1.00. The predicted molar refractivity (Wildman–Crippen MR) is 49.6 cm³/mol. The molecule has 0 N–H and O–H groups in total. The minimum Gasteiger partial charge on any atom is -0.382 e. The van der Waals surface area contributed by atoms with Gasteiger partial charge < -0.3 is 18.9 Å². The molecule has 0 aromatic carbocycles. The maximum Gasteiger partial charge on any atom is 0.214 e. The summed E-state index contributed by atoms with van der Waals surface area (Å²) in [5.74, 6) is 0. The third-order valence-corrected chi connectivity index (χ3v) is 1.41. The van der Waals surface area contributed by atoms with Gasteiger partial charge in [0, 0.05) is 13.7 Å². The summed E-state index contributed by atoms with van der Waals surface area (Å²) in [4.78, 5) is 0. The average Bonchev–Trinajstić information content (AvgIpc) is 2.17. The largest absolute Gasteiger partial charge is 0.382 e. The van der Waals surface area contributed by atoms with Crippen LogP contribution in [0.4, 0.5) is 0 Å². The summed E-state index contributed by atoms with van der Waals surface area (Å²) < 4.78 is 19.7. The van der Waals surface area contributed by atoms with E-state index in [4.69, 9.17) is 18.9 Å². The van der Waals surface area contributed by atoms with E-state index in [1.165, 1.54) is 0 Å². The van der Waals surface area contributed by atoms with Gasteiger partial charge in [0.1, 0.15) is 6.61 Å². The molecule has 0 saturated carbocycles. The van der Waals surface area contributed by atoms with E-state index >= 15 is 0 Å². The van der Waals surface area contributed by atoms with Gasteiger partial charge in [-0.2, -0.15) is 5.11 Å². The van der Waals surface area contributed by atoms with Gasteiger partial charge in [0.15, 0.2) is 0 Å². The van der Waals surface area contributed by atoms with Crippen molar-refractivity contribution in [2.45, 2.75) is 13.2 Å². The summed E-state index contributed by atoms with van der Waals surface area (Å²) in [6, 6.07) is 0. The van der Waals surface area contributed by atoms with Gasteiger partial charge in [-0.05, 0) is 6.92 Å². The van der Waals surface area contributed by atoms with Crippen LogP contribution in [0.15, 0.2) is 0 Å². The van der Waals surface area contributed by atoms with Crippen molar-refractivity contribution in [3.8, 4) is 0 Å². The fourth-order valence-corrected chi connectivity index (χ4v) is 0.776. The molecule has 0 bridgehead atoms. The molecule has 0 amide bonds. The van der Waals surface area contributed by atoms with Crippen LogP contribution in [0.1, 0.15) is 6.92 Å². The van der Waals surface area contributed by atoms with Crippen LogP contribution < -0.4 is 0 Å². The highest BCUT2D eigenvalue weighted by Crippen LogP contribution is 1.89. The number of hydrogen-bond acceptors (Lipinski definition) is 4. The lowest BCUT2D eigenvalue weighted by molar-refractivity contribution is -0.171.